The summed E-state index contributed by atoms with van der Waals surface area (Å²) in [5.41, 5.74) is 6.62. The minimum absolute atomic E-state index is 0.156. The third-order valence-corrected chi connectivity index (χ3v) is 3.20. The van der Waals surface area contributed by atoms with Crippen molar-refractivity contribution in [1.82, 2.24) is 5.32 Å². The second-order valence-corrected chi connectivity index (χ2v) is 5.34. The molecule has 0 saturated heterocycles. The quantitative estimate of drug-likeness (QED) is 0.596. The summed E-state index contributed by atoms with van der Waals surface area (Å²) >= 11 is 5.85. The lowest BCUT2D eigenvalue weighted by Gasteiger charge is -2.07. The van der Waals surface area contributed by atoms with Crippen molar-refractivity contribution < 1.29 is 9.53 Å². The molecule has 1 aliphatic rings. The molecule has 1 aliphatic carbocycles. The van der Waals surface area contributed by atoms with Crippen LogP contribution in [0.15, 0.2) is 18.2 Å². The summed E-state index contributed by atoms with van der Waals surface area (Å²) in [4.78, 5) is 11.8. The van der Waals surface area contributed by atoms with Gasteiger partial charge in [-0.15, -0.1) is 0 Å². The molecule has 1 amide bonds. The van der Waals surface area contributed by atoms with E-state index in [1.165, 1.54) is 12.8 Å². The third-order valence-electron chi connectivity index (χ3n) is 2.98. The SMILES string of the molecule is Nc1cc(Cl)cc(C(=O)NCCCOCC2CC2)c1. The minimum atomic E-state index is -0.156. The summed E-state index contributed by atoms with van der Waals surface area (Å²) in [6.07, 6.45) is 3.41. The van der Waals surface area contributed by atoms with E-state index in [0.717, 1.165) is 18.9 Å². The van der Waals surface area contributed by atoms with E-state index in [0.29, 0.717) is 29.4 Å². The van der Waals surface area contributed by atoms with Gasteiger partial charge in [-0.2, -0.15) is 0 Å². The highest BCUT2D eigenvalue weighted by Crippen LogP contribution is 2.28. The number of ether oxygens (including phenoxy) is 1. The molecule has 104 valence electrons. The number of carbonyl (C=O) groups is 1. The zero-order valence-electron chi connectivity index (χ0n) is 10.8. The van der Waals surface area contributed by atoms with Crippen LogP contribution in [0.4, 0.5) is 5.69 Å². The lowest BCUT2D eigenvalue weighted by molar-refractivity contribution is 0.0937. The summed E-state index contributed by atoms with van der Waals surface area (Å²) in [6, 6.07) is 4.84. The molecule has 1 saturated carbocycles. The minimum Gasteiger partial charge on any atom is -0.399 e. The van der Waals surface area contributed by atoms with Crippen LogP contribution in [0.1, 0.15) is 29.6 Å². The number of nitrogens with two attached hydrogens (primary N) is 1. The van der Waals surface area contributed by atoms with Gasteiger partial charge in [0, 0.05) is 36.0 Å². The van der Waals surface area contributed by atoms with Gasteiger partial charge in [0.15, 0.2) is 0 Å². The van der Waals surface area contributed by atoms with Gasteiger partial charge in [-0.1, -0.05) is 11.6 Å². The predicted octanol–water partition coefficient (Wildman–Crippen LogP) is 2.47. The Bertz CT molecular complexity index is 427. The number of hydrogen-bond acceptors (Lipinski definition) is 3. The molecule has 1 fully saturated rings. The Labute approximate surface area is 118 Å². The van der Waals surface area contributed by atoms with Crippen LogP contribution in [0, 0.1) is 5.92 Å². The average Bonchev–Trinajstić information content (AvgIpc) is 3.16. The number of nitrogens with one attached hydrogen (secondary N) is 1. The Kier molecular flexibility index (Phi) is 5.05. The van der Waals surface area contributed by atoms with Crippen molar-refractivity contribution in [3.8, 4) is 0 Å². The van der Waals surface area contributed by atoms with Gasteiger partial charge < -0.3 is 15.8 Å². The highest BCUT2D eigenvalue weighted by atomic mass is 35.5. The summed E-state index contributed by atoms with van der Waals surface area (Å²) in [7, 11) is 0. The van der Waals surface area contributed by atoms with Crippen molar-refractivity contribution in [2.75, 3.05) is 25.5 Å². The van der Waals surface area contributed by atoms with Crippen molar-refractivity contribution in [2.24, 2.45) is 5.92 Å². The average molecular weight is 283 g/mol. The number of nitrogen functional groups attached to an aromatic ring is 1. The topological polar surface area (TPSA) is 64.4 Å². The molecule has 3 N–H and O–H groups in total. The summed E-state index contributed by atoms with van der Waals surface area (Å²) in [6.45, 7) is 2.14. The number of hydrogen-bond donors (Lipinski definition) is 2. The molecule has 2 rings (SSSR count). The van der Waals surface area contributed by atoms with E-state index in [2.05, 4.69) is 5.32 Å². The van der Waals surface area contributed by atoms with Crippen LogP contribution in [-0.4, -0.2) is 25.7 Å². The van der Waals surface area contributed by atoms with E-state index in [4.69, 9.17) is 22.1 Å². The van der Waals surface area contributed by atoms with Crippen LogP contribution in [-0.2, 0) is 4.74 Å². The van der Waals surface area contributed by atoms with Crippen molar-refractivity contribution in [3.63, 3.8) is 0 Å². The normalized spacial score (nSPS) is 14.4. The number of halogens is 1. The van der Waals surface area contributed by atoms with E-state index >= 15 is 0 Å². The monoisotopic (exact) mass is 282 g/mol. The first-order chi connectivity index (χ1) is 9.15. The Hall–Kier alpha value is -1.26. The van der Waals surface area contributed by atoms with Gasteiger partial charge in [0.1, 0.15) is 0 Å². The summed E-state index contributed by atoms with van der Waals surface area (Å²) in [5, 5.41) is 3.29. The highest BCUT2D eigenvalue weighted by Gasteiger charge is 2.20. The number of amides is 1. The molecule has 1 aromatic rings. The Morgan fingerprint density at radius 2 is 2.21 bits per heavy atom. The second-order valence-electron chi connectivity index (χ2n) is 4.90. The van der Waals surface area contributed by atoms with Crippen LogP contribution in [0.3, 0.4) is 0 Å². The zero-order chi connectivity index (χ0) is 13.7. The molecule has 0 bridgehead atoms. The summed E-state index contributed by atoms with van der Waals surface area (Å²) < 4.78 is 5.49. The molecule has 0 heterocycles. The van der Waals surface area contributed by atoms with Gasteiger partial charge >= 0.3 is 0 Å². The molecule has 5 heteroatoms. The van der Waals surface area contributed by atoms with E-state index in [-0.39, 0.29) is 5.91 Å². The molecule has 0 aliphatic heterocycles. The van der Waals surface area contributed by atoms with Crippen LogP contribution in [0.5, 0.6) is 0 Å². The Balaban J connectivity index is 1.65. The summed E-state index contributed by atoms with van der Waals surface area (Å²) in [5.74, 6) is 0.625. The molecular weight excluding hydrogens is 264 g/mol. The molecule has 0 spiro atoms. The molecule has 1 aromatic carbocycles. The van der Waals surface area contributed by atoms with Crippen molar-refractivity contribution in [2.45, 2.75) is 19.3 Å². The fraction of sp³-hybridized carbons (Fsp3) is 0.500. The first-order valence-electron chi connectivity index (χ1n) is 6.57. The number of rotatable bonds is 7. The van der Waals surface area contributed by atoms with E-state index < -0.39 is 0 Å². The first kappa shape index (κ1) is 14.2. The van der Waals surface area contributed by atoms with Gasteiger partial charge in [-0.05, 0) is 43.4 Å². The lowest BCUT2D eigenvalue weighted by atomic mass is 10.2. The molecule has 0 atom stereocenters. The van der Waals surface area contributed by atoms with Gasteiger partial charge in [-0.3, -0.25) is 4.79 Å². The molecule has 0 aromatic heterocycles. The largest absolute Gasteiger partial charge is 0.399 e. The van der Waals surface area contributed by atoms with Crippen LogP contribution >= 0.6 is 11.6 Å². The van der Waals surface area contributed by atoms with Crippen molar-refractivity contribution in [3.05, 3.63) is 28.8 Å². The molecule has 19 heavy (non-hydrogen) atoms. The maximum Gasteiger partial charge on any atom is 0.251 e. The number of carbonyl (C=O) groups excluding carboxylic acids is 1. The lowest BCUT2D eigenvalue weighted by Crippen LogP contribution is -2.25. The van der Waals surface area contributed by atoms with Crippen molar-refractivity contribution >= 4 is 23.2 Å². The molecular formula is C14H19ClN2O2. The number of benzene rings is 1. The smallest absolute Gasteiger partial charge is 0.251 e. The fourth-order valence-corrected chi connectivity index (χ4v) is 2.00. The van der Waals surface area contributed by atoms with Crippen LogP contribution in [0.25, 0.3) is 0 Å². The standard InChI is InChI=1S/C14H19ClN2O2/c15-12-6-11(7-13(16)8-12)14(18)17-4-1-5-19-9-10-2-3-10/h6-8,10H,1-5,9,16H2,(H,17,18). The van der Waals surface area contributed by atoms with Gasteiger partial charge in [-0.25, -0.2) is 0 Å². The number of anilines is 1. The van der Waals surface area contributed by atoms with Crippen LogP contribution in [0.2, 0.25) is 5.02 Å². The first-order valence-corrected chi connectivity index (χ1v) is 6.95. The van der Waals surface area contributed by atoms with E-state index in [9.17, 15) is 4.79 Å². The van der Waals surface area contributed by atoms with E-state index in [1.807, 2.05) is 0 Å². The van der Waals surface area contributed by atoms with Gasteiger partial charge in [0.2, 0.25) is 0 Å². The van der Waals surface area contributed by atoms with E-state index in [1.54, 1.807) is 18.2 Å². The zero-order valence-corrected chi connectivity index (χ0v) is 11.6. The Morgan fingerprint density at radius 1 is 1.42 bits per heavy atom. The van der Waals surface area contributed by atoms with Crippen LogP contribution < -0.4 is 11.1 Å². The fourth-order valence-electron chi connectivity index (χ4n) is 1.76. The molecule has 4 nitrogen and oxygen atoms in total. The van der Waals surface area contributed by atoms with Gasteiger partial charge in [0.05, 0.1) is 0 Å². The second kappa shape index (κ2) is 6.78. The van der Waals surface area contributed by atoms with Gasteiger partial charge in [0.25, 0.3) is 5.91 Å². The molecule has 0 radical (unpaired) electrons. The Morgan fingerprint density at radius 3 is 2.89 bits per heavy atom. The third kappa shape index (κ3) is 5.09. The highest BCUT2D eigenvalue weighted by molar-refractivity contribution is 6.31. The molecule has 0 unspecified atom stereocenters. The maximum absolute atomic E-state index is 11.8. The van der Waals surface area contributed by atoms with Crippen molar-refractivity contribution in [1.29, 1.82) is 0 Å². The maximum atomic E-state index is 11.8. The predicted molar refractivity (Wildman–Crippen MR) is 76.4 cm³/mol.